The van der Waals surface area contributed by atoms with E-state index in [1.54, 1.807) is 7.05 Å². The molecule has 0 bridgehead atoms. The van der Waals surface area contributed by atoms with Gasteiger partial charge in [-0.2, -0.15) is 0 Å². The maximum absolute atomic E-state index is 12.1. The van der Waals surface area contributed by atoms with Crippen LogP contribution in [0.15, 0.2) is 40.2 Å². The standard InChI is InChI=1S/C19H30N4OS.HI/c1-14(2)18(24)23-11-10-16(13-23)22-19(20-4)21-12-15(3)25-17-8-6-5-7-9-17;/h5-9,14-16H,10-13H2,1-4H3,(H2,20,21,22);1H. The third kappa shape index (κ3) is 7.34. The van der Waals surface area contributed by atoms with Gasteiger partial charge in [-0.05, 0) is 18.6 Å². The number of nitrogens with zero attached hydrogens (tertiary/aromatic N) is 2. The van der Waals surface area contributed by atoms with Gasteiger partial charge < -0.3 is 15.5 Å². The highest BCUT2D eigenvalue weighted by Gasteiger charge is 2.27. The van der Waals surface area contributed by atoms with Crippen LogP contribution in [0.1, 0.15) is 27.2 Å². The fourth-order valence-corrected chi connectivity index (χ4v) is 3.79. The smallest absolute Gasteiger partial charge is 0.225 e. The summed E-state index contributed by atoms with van der Waals surface area (Å²) >= 11 is 1.85. The van der Waals surface area contributed by atoms with Gasteiger partial charge >= 0.3 is 0 Å². The van der Waals surface area contributed by atoms with Crippen LogP contribution in [0.5, 0.6) is 0 Å². The molecule has 1 heterocycles. The monoisotopic (exact) mass is 490 g/mol. The molecule has 5 nitrogen and oxygen atoms in total. The van der Waals surface area contributed by atoms with Crippen molar-refractivity contribution in [3.05, 3.63) is 30.3 Å². The van der Waals surface area contributed by atoms with E-state index in [0.717, 1.165) is 32.0 Å². The summed E-state index contributed by atoms with van der Waals surface area (Å²) in [5.41, 5.74) is 0. The Balaban J connectivity index is 0.00000338. The molecule has 0 aliphatic carbocycles. The number of carbonyl (C=O) groups excluding carboxylic acids is 1. The minimum absolute atomic E-state index is 0. The number of nitrogens with one attached hydrogen (secondary N) is 2. The lowest BCUT2D eigenvalue weighted by Gasteiger charge is -2.21. The summed E-state index contributed by atoms with van der Waals surface area (Å²) < 4.78 is 0. The summed E-state index contributed by atoms with van der Waals surface area (Å²) in [4.78, 5) is 19.6. The minimum Gasteiger partial charge on any atom is -0.355 e. The fraction of sp³-hybridized carbons (Fsp3) is 0.579. The third-order valence-corrected chi connectivity index (χ3v) is 5.31. The number of thioether (sulfide) groups is 1. The van der Waals surface area contributed by atoms with Gasteiger partial charge in [0.2, 0.25) is 5.91 Å². The molecule has 1 aliphatic heterocycles. The van der Waals surface area contributed by atoms with E-state index in [1.165, 1.54) is 4.90 Å². The number of benzene rings is 1. The Bertz CT molecular complexity index is 582. The highest BCUT2D eigenvalue weighted by atomic mass is 127. The fourth-order valence-electron chi connectivity index (χ4n) is 2.84. The number of hydrogen-bond donors (Lipinski definition) is 2. The van der Waals surface area contributed by atoms with E-state index in [9.17, 15) is 4.79 Å². The molecule has 26 heavy (non-hydrogen) atoms. The molecular formula is C19H31IN4OS. The van der Waals surface area contributed by atoms with Gasteiger partial charge in [-0.1, -0.05) is 39.0 Å². The molecule has 2 rings (SSSR count). The van der Waals surface area contributed by atoms with Crippen molar-refractivity contribution >= 4 is 47.6 Å². The average molecular weight is 490 g/mol. The molecule has 2 N–H and O–H groups in total. The number of carbonyl (C=O) groups is 1. The van der Waals surface area contributed by atoms with E-state index in [4.69, 9.17) is 0 Å². The largest absolute Gasteiger partial charge is 0.355 e. The molecule has 7 heteroatoms. The van der Waals surface area contributed by atoms with Crippen molar-refractivity contribution in [3.63, 3.8) is 0 Å². The number of likely N-dealkylation sites (tertiary alicyclic amines) is 1. The summed E-state index contributed by atoms with van der Waals surface area (Å²) in [5.74, 6) is 1.11. The molecule has 0 radical (unpaired) electrons. The zero-order valence-electron chi connectivity index (χ0n) is 16.1. The second-order valence-corrected chi connectivity index (χ2v) is 8.28. The molecule has 1 amide bonds. The van der Waals surface area contributed by atoms with Crippen molar-refractivity contribution in [2.75, 3.05) is 26.7 Å². The molecule has 0 saturated carbocycles. The van der Waals surface area contributed by atoms with Crippen molar-refractivity contribution in [3.8, 4) is 0 Å². The maximum atomic E-state index is 12.1. The van der Waals surface area contributed by atoms with E-state index in [-0.39, 0.29) is 41.8 Å². The van der Waals surface area contributed by atoms with Crippen LogP contribution < -0.4 is 10.6 Å². The van der Waals surface area contributed by atoms with Gasteiger partial charge in [0.1, 0.15) is 0 Å². The van der Waals surface area contributed by atoms with E-state index >= 15 is 0 Å². The molecule has 1 aromatic rings. The molecule has 2 atom stereocenters. The first kappa shape index (κ1) is 23.1. The van der Waals surface area contributed by atoms with Gasteiger partial charge in [0.25, 0.3) is 0 Å². The number of hydrogen-bond acceptors (Lipinski definition) is 3. The van der Waals surface area contributed by atoms with Crippen LogP contribution in [0.4, 0.5) is 0 Å². The maximum Gasteiger partial charge on any atom is 0.225 e. The number of amides is 1. The van der Waals surface area contributed by atoms with Crippen molar-refractivity contribution in [2.45, 2.75) is 43.4 Å². The second-order valence-electron chi connectivity index (χ2n) is 6.76. The minimum atomic E-state index is 0. The molecule has 1 saturated heterocycles. The Morgan fingerprint density at radius 1 is 1.31 bits per heavy atom. The lowest BCUT2D eigenvalue weighted by Crippen LogP contribution is -2.46. The second kappa shape index (κ2) is 11.7. The summed E-state index contributed by atoms with van der Waals surface area (Å²) in [6.07, 6.45) is 0.966. The van der Waals surface area contributed by atoms with Crippen molar-refractivity contribution in [1.82, 2.24) is 15.5 Å². The first-order chi connectivity index (χ1) is 12.0. The van der Waals surface area contributed by atoms with Crippen molar-refractivity contribution < 1.29 is 4.79 Å². The van der Waals surface area contributed by atoms with Crippen LogP contribution in [-0.4, -0.2) is 54.7 Å². The van der Waals surface area contributed by atoms with Crippen LogP contribution in [0.2, 0.25) is 0 Å². The van der Waals surface area contributed by atoms with Gasteiger partial charge in [-0.3, -0.25) is 9.79 Å². The van der Waals surface area contributed by atoms with E-state index in [1.807, 2.05) is 36.6 Å². The van der Waals surface area contributed by atoms with Crippen molar-refractivity contribution in [2.24, 2.45) is 10.9 Å². The van der Waals surface area contributed by atoms with Crippen LogP contribution in [0.3, 0.4) is 0 Å². The highest BCUT2D eigenvalue weighted by Crippen LogP contribution is 2.21. The van der Waals surface area contributed by atoms with E-state index < -0.39 is 0 Å². The number of aliphatic imine (C=N–C) groups is 1. The van der Waals surface area contributed by atoms with Gasteiger partial charge in [0.05, 0.1) is 0 Å². The third-order valence-electron chi connectivity index (χ3n) is 4.20. The van der Waals surface area contributed by atoms with Crippen LogP contribution >= 0.6 is 35.7 Å². The number of guanidine groups is 1. The predicted molar refractivity (Wildman–Crippen MR) is 121 cm³/mol. The molecule has 1 aliphatic rings. The van der Waals surface area contributed by atoms with E-state index in [0.29, 0.717) is 5.25 Å². The number of rotatable bonds is 6. The first-order valence-electron chi connectivity index (χ1n) is 8.97. The summed E-state index contributed by atoms with van der Waals surface area (Å²) in [7, 11) is 1.79. The Morgan fingerprint density at radius 2 is 2.00 bits per heavy atom. The highest BCUT2D eigenvalue weighted by molar-refractivity contribution is 14.0. The van der Waals surface area contributed by atoms with Crippen LogP contribution in [0, 0.1) is 5.92 Å². The quantitative estimate of drug-likeness (QED) is 0.278. The SMILES string of the molecule is CN=C(NCC(C)Sc1ccccc1)NC1CCN(C(=O)C(C)C)C1.I. The Labute approximate surface area is 178 Å². The molecule has 0 spiro atoms. The summed E-state index contributed by atoms with van der Waals surface area (Å²) in [5, 5.41) is 7.28. The lowest BCUT2D eigenvalue weighted by atomic mass is 10.2. The van der Waals surface area contributed by atoms with Gasteiger partial charge in [0.15, 0.2) is 5.96 Å². The molecule has 2 unspecified atom stereocenters. The van der Waals surface area contributed by atoms with Crippen molar-refractivity contribution in [1.29, 1.82) is 0 Å². The number of halogens is 1. The molecule has 1 fully saturated rings. The van der Waals surface area contributed by atoms with Crippen LogP contribution in [-0.2, 0) is 4.79 Å². The topological polar surface area (TPSA) is 56.7 Å². The van der Waals surface area contributed by atoms with E-state index in [2.05, 4.69) is 46.8 Å². The lowest BCUT2D eigenvalue weighted by molar-refractivity contribution is -0.133. The molecular weight excluding hydrogens is 459 g/mol. The Kier molecular flexibility index (Phi) is 10.4. The first-order valence-corrected chi connectivity index (χ1v) is 9.85. The molecule has 146 valence electrons. The Hall–Kier alpha value is -0.960. The molecule has 0 aromatic heterocycles. The summed E-state index contributed by atoms with van der Waals surface area (Å²) in [6, 6.07) is 10.7. The normalized spacial score (nSPS) is 18.4. The Morgan fingerprint density at radius 3 is 2.62 bits per heavy atom. The van der Waals surface area contributed by atoms with Crippen LogP contribution in [0.25, 0.3) is 0 Å². The van der Waals surface area contributed by atoms with Gasteiger partial charge in [-0.15, -0.1) is 35.7 Å². The molecule has 1 aromatic carbocycles. The van der Waals surface area contributed by atoms with Gasteiger partial charge in [0, 0.05) is 48.8 Å². The van der Waals surface area contributed by atoms with Gasteiger partial charge in [-0.25, -0.2) is 0 Å². The zero-order valence-corrected chi connectivity index (χ0v) is 19.2. The predicted octanol–water partition coefficient (Wildman–Crippen LogP) is 3.21. The summed E-state index contributed by atoms with van der Waals surface area (Å²) in [6.45, 7) is 8.53. The average Bonchev–Trinajstić information content (AvgIpc) is 3.07. The zero-order chi connectivity index (χ0) is 18.2.